The second-order valence-electron chi connectivity index (χ2n) is 8.77. The molecule has 2 nitrogen and oxygen atoms in total. The summed E-state index contributed by atoms with van der Waals surface area (Å²) in [7, 11) is -0.264. The summed E-state index contributed by atoms with van der Waals surface area (Å²) >= 11 is 2.19. The van der Waals surface area contributed by atoms with Gasteiger partial charge in [-0.2, -0.15) is 11.8 Å². The van der Waals surface area contributed by atoms with E-state index in [1.165, 1.54) is 31.2 Å². The molecule has 4 heteroatoms. The van der Waals surface area contributed by atoms with E-state index < -0.39 is 0 Å². The number of rotatable bonds is 3. The molecular formula is C21H29BO2S. The molecule has 3 aliphatic rings. The molecule has 3 heterocycles. The third-order valence-electron chi connectivity index (χ3n) is 6.20. The average molecular weight is 356 g/mol. The largest absolute Gasteiger partial charge is 0.494 e. The minimum atomic E-state index is -0.283. The molecule has 0 aliphatic carbocycles. The van der Waals surface area contributed by atoms with Gasteiger partial charge in [-0.15, -0.1) is 0 Å². The first kappa shape index (κ1) is 17.7. The van der Waals surface area contributed by atoms with Gasteiger partial charge >= 0.3 is 7.12 Å². The van der Waals surface area contributed by atoms with Crippen LogP contribution in [-0.2, 0) is 15.7 Å². The van der Waals surface area contributed by atoms with Crippen LogP contribution in [0.15, 0.2) is 35.9 Å². The van der Waals surface area contributed by atoms with Gasteiger partial charge in [0, 0.05) is 10.5 Å². The zero-order chi connectivity index (χ0) is 17.7. The van der Waals surface area contributed by atoms with Gasteiger partial charge in [-0.05, 0) is 64.4 Å². The highest BCUT2D eigenvalue weighted by Crippen LogP contribution is 2.41. The van der Waals surface area contributed by atoms with Gasteiger partial charge in [0.25, 0.3) is 0 Å². The molecule has 2 unspecified atom stereocenters. The number of fused-ring (bicyclic) bond motifs is 2. The second-order valence-corrected chi connectivity index (χ2v) is 10.3. The molecule has 1 aromatic rings. The SMILES string of the molecule is CC1(C)OB(c2cccc(CC3=CC4CCCC(C3)S4)c2)OC1(C)C. The lowest BCUT2D eigenvalue weighted by molar-refractivity contribution is 0.00578. The number of hydrogen-bond donors (Lipinski definition) is 0. The van der Waals surface area contributed by atoms with E-state index in [-0.39, 0.29) is 18.3 Å². The smallest absolute Gasteiger partial charge is 0.399 e. The van der Waals surface area contributed by atoms with E-state index in [9.17, 15) is 0 Å². The van der Waals surface area contributed by atoms with Crippen molar-refractivity contribution in [3.8, 4) is 0 Å². The number of benzene rings is 1. The summed E-state index contributed by atoms with van der Waals surface area (Å²) in [5, 5.41) is 1.61. The maximum atomic E-state index is 6.22. The summed E-state index contributed by atoms with van der Waals surface area (Å²) < 4.78 is 12.4. The first-order valence-electron chi connectivity index (χ1n) is 9.62. The van der Waals surface area contributed by atoms with Gasteiger partial charge in [-0.1, -0.05) is 42.3 Å². The number of allylic oxidation sites excluding steroid dienone is 1. The Bertz CT molecular complexity index is 666. The van der Waals surface area contributed by atoms with Gasteiger partial charge in [0.2, 0.25) is 0 Å². The van der Waals surface area contributed by atoms with Gasteiger partial charge in [-0.3, -0.25) is 0 Å². The van der Waals surface area contributed by atoms with Crippen LogP contribution in [0.1, 0.15) is 58.9 Å². The van der Waals surface area contributed by atoms with Crippen molar-refractivity contribution in [1.82, 2.24) is 0 Å². The topological polar surface area (TPSA) is 18.5 Å². The third-order valence-corrected chi connectivity index (χ3v) is 7.71. The molecule has 134 valence electrons. The summed E-state index contributed by atoms with van der Waals surface area (Å²) in [6, 6.07) is 8.80. The van der Waals surface area contributed by atoms with Crippen molar-refractivity contribution < 1.29 is 9.31 Å². The quantitative estimate of drug-likeness (QED) is 0.586. The molecule has 3 aliphatic heterocycles. The Morgan fingerprint density at radius 3 is 2.60 bits per heavy atom. The Hall–Kier alpha value is -0.705. The minimum Gasteiger partial charge on any atom is -0.399 e. The maximum absolute atomic E-state index is 6.22. The Balaban J connectivity index is 1.50. The van der Waals surface area contributed by atoms with Crippen molar-refractivity contribution in [3.05, 3.63) is 41.5 Å². The number of hydrogen-bond acceptors (Lipinski definition) is 3. The molecule has 2 bridgehead atoms. The highest BCUT2D eigenvalue weighted by molar-refractivity contribution is 8.00. The van der Waals surface area contributed by atoms with E-state index in [1.807, 2.05) is 0 Å². The molecule has 1 aromatic carbocycles. The van der Waals surface area contributed by atoms with Gasteiger partial charge in [-0.25, -0.2) is 0 Å². The summed E-state index contributed by atoms with van der Waals surface area (Å²) in [4.78, 5) is 0. The molecule has 0 N–H and O–H groups in total. The molecule has 0 aromatic heterocycles. The van der Waals surface area contributed by atoms with Crippen LogP contribution < -0.4 is 5.46 Å². The van der Waals surface area contributed by atoms with E-state index in [0.717, 1.165) is 22.4 Å². The van der Waals surface area contributed by atoms with E-state index in [1.54, 1.807) is 5.57 Å². The Morgan fingerprint density at radius 2 is 1.88 bits per heavy atom. The maximum Gasteiger partial charge on any atom is 0.494 e. The van der Waals surface area contributed by atoms with E-state index in [0.29, 0.717) is 0 Å². The Morgan fingerprint density at radius 1 is 1.12 bits per heavy atom. The molecule has 0 saturated carbocycles. The molecule has 4 rings (SSSR count). The highest BCUT2D eigenvalue weighted by atomic mass is 32.2. The van der Waals surface area contributed by atoms with Crippen LogP contribution in [0, 0.1) is 0 Å². The van der Waals surface area contributed by atoms with Crippen LogP contribution in [0.3, 0.4) is 0 Å². The lowest BCUT2D eigenvalue weighted by atomic mass is 9.78. The highest BCUT2D eigenvalue weighted by Gasteiger charge is 2.51. The summed E-state index contributed by atoms with van der Waals surface area (Å²) in [6.07, 6.45) is 9.04. The molecule has 25 heavy (non-hydrogen) atoms. The molecule has 2 fully saturated rings. The van der Waals surface area contributed by atoms with Crippen molar-refractivity contribution in [2.45, 2.75) is 81.5 Å². The van der Waals surface area contributed by atoms with E-state index in [2.05, 4.69) is 69.8 Å². The van der Waals surface area contributed by atoms with Crippen molar-refractivity contribution in [2.24, 2.45) is 0 Å². The zero-order valence-corrected chi connectivity index (χ0v) is 16.7. The van der Waals surface area contributed by atoms with Crippen LogP contribution in [0.2, 0.25) is 0 Å². The van der Waals surface area contributed by atoms with Crippen molar-refractivity contribution in [3.63, 3.8) is 0 Å². The summed E-state index contributed by atoms with van der Waals surface area (Å²) in [5.41, 5.74) is 3.58. The summed E-state index contributed by atoms with van der Waals surface area (Å²) in [6.45, 7) is 8.44. The van der Waals surface area contributed by atoms with Gasteiger partial charge in [0.05, 0.1) is 11.2 Å². The van der Waals surface area contributed by atoms with Crippen LogP contribution in [-0.4, -0.2) is 28.8 Å². The fourth-order valence-electron chi connectivity index (χ4n) is 4.05. The zero-order valence-electron chi connectivity index (χ0n) is 15.9. The normalized spacial score (nSPS) is 30.2. The molecular weight excluding hydrogens is 327 g/mol. The van der Waals surface area contributed by atoms with Crippen LogP contribution in [0.5, 0.6) is 0 Å². The van der Waals surface area contributed by atoms with Crippen LogP contribution >= 0.6 is 11.8 Å². The standard InChI is InChI=1S/C21H29BO2S/c1-20(2)21(3,4)24-22(23-20)17-8-5-7-15(12-17)11-16-13-18-9-6-10-19(14-16)25-18/h5,7-8,12-13,18-19H,6,9-11,14H2,1-4H3. The Labute approximate surface area is 156 Å². The van der Waals surface area contributed by atoms with Crippen molar-refractivity contribution in [2.75, 3.05) is 0 Å². The molecule has 0 amide bonds. The van der Waals surface area contributed by atoms with Crippen LogP contribution in [0.4, 0.5) is 0 Å². The first-order valence-corrected chi connectivity index (χ1v) is 10.6. The lowest BCUT2D eigenvalue weighted by Crippen LogP contribution is -2.41. The molecule has 0 spiro atoms. The molecule has 2 saturated heterocycles. The summed E-state index contributed by atoms with van der Waals surface area (Å²) in [5.74, 6) is 0. The van der Waals surface area contributed by atoms with Crippen LogP contribution in [0.25, 0.3) is 0 Å². The van der Waals surface area contributed by atoms with Gasteiger partial charge in [0.1, 0.15) is 0 Å². The van der Waals surface area contributed by atoms with E-state index >= 15 is 0 Å². The van der Waals surface area contributed by atoms with Crippen molar-refractivity contribution in [1.29, 1.82) is 0 Å². The minimum absolute atomic E-state index is 0.264. The predicted octanol–water partition coefficient (Wildman–Crippen LogP) is 4.51. The van der Waals surface area contributed by atoms with Gasteiger partial charge in [0.15, 0.2) is 0 Å². The Kier molecular flexibility index (Phi) is 4.58. The first-order chi connectivity index (χ1) is 11.8. The number of thioether (sulfide) groups is 1. The van der Waals surface area contributed by atoms with Gasteiger partial charge < -0.3 is 9.31 Å². The lowest BCUT2D eigenvalue weighted by Gasteiger charge is -2.33. The van der Waals surface area contributed by atoms with E-state index in [4.69, 9.17) is 9.31 Å². The molecule has 0 radical (unpaired) electrons. The monoisotopic (exact) mass is 356 g/mol. The third kappa shape index (κ3) is 3.58. The molecule has 2 atom stereocenters. The average Bonchev–Trinajstić information content (AvgIpc) is 2.75. The predicted molar refractivity (Wildman–Crippen MR) is 108 cm³/mol. The fourth-order valence-corrected chi connectivity index (χ4v) is 5.73. The second kappa shape index (κ2) is 6.47. The van der Waals surface area contributed by atoms with Crippen molar-refractivity contribution >= 4 is 24.3 Å². The fraction of sp³-hybridized carbons (Fsp3) is 0.619.